The number of hydrogen-bond donors (Lipinski definition) is 1. The highest BCUT2D eigenvalue weighted by atomic mass is 19.4. The lowest BCUT2D eigenvalue weighted by atomic mass is 10.1. The molecule has 2 nitrogen and oxygen atoms in total. The number of rotatable bonds is 1. The molecule has 2 rings (SSSR count). The monoisotopic (exact) mass is 229 g/mol. The third kappa shape index (κ3) is 1.67. The number of aryl methyl sites for hydroxylation is 1. The molecule has 2 aromatic rings. The average Bonchev–Trinajstić information content (AvgIpc) is 2.58. The Morgan fingerprint density at radius 2 is 1.94 bits per heavy atom. The van der Waals surface area contributed by atoms with Gasteiger partial charge in [0.05, 0.1) is 5.52 Å². The standard InChI is InChI=1S/C11H10F3NO/c1-15-6-5-7-3-2-4-8(9(7)15)10(16)11(12,13)14/h2-6,10,16H,1H3/t10-/m1/s1. The molecule has 1 heterocycles. The third-order valence-electron chi connectivity index (χ3n) is 2.53. The van der Waals surface area contributed by atoms with Crippen LogP contribution in [-0.4, -0.2) is 15.8 Å². The Hall–Kier alpha value is -1.49. The molecule has 0 spiro atoms. The first-order valence-corrected chi connectivity index (χ1v) is 4.70. The zero-order valence-corrected chi connectivity index (χ0v) is 8.49. The first-order valence-electron chi connectivity index (χ1n) is 4.70. The molecule has 0 saturated heterocycles. The molecule has 1 aromatic heterocycles. The number of aliphatic hydroxyl groups is 1. The summed E-state index contributed by atoms with van der Waals surface area (Å²) in [5.74, 6) is 0. The van der Waals surface area contributed by atoms with Gasteiger partial charge in [-0.15, -0.1) is 0 Å². The van der Waals surface area contributed by atoms with Crippen molar-refractivity contribution >= 4 is 10.9 Å². The SMILES string of the molecule is Cn1ccc2cccc([C@@H](O)C(F)(F)F)c21. The Bertz CT molecular complexity index is 515. The zero-order valence-electron chi connectivity index (χ0n) is 8.49. The molecule has 0 aliphatic heterocycles. The van der Waals surface area contributed by atoms with Gasteiger partial charge in [-0.3, -0.25) is 0 Å². The fourth-order valence-corrected chi connectivity index (χ4v) is 1.79. The maximum Gasteiger partial charge on any atom is 0.418 e. The summed E-state index contributed by atoms with van der Waals surface area (Å²) in [6.07, 6.45) is -5.42. The van der Waals surface area contributed by atoms with Crippen LogP contribution >= 0.6 is 0 Å². The minimum Gasteiger partial charge on any atom is -0.379 e. The van der Waals surface area contributed by atoms with Crippen LogP contribution in [0.15, 0.2) is 30.5 Å². The van der Waals surface area contributed by atoms with Crippen LogP contribution in [0.5, 0.6) is 0 Å². The second kappa shape index (κ2) is 3.52. The van der Waals surface area contributed by atoms with Crippen LogP contribution in [0.2, 0.25) is 0 Å². The van der Waals surface area contributed by atoms with E-state index in [0.29, 0.717) is 10.9 Å². The van der Waals surface area contributed by atoms with E-state index in [-0.39, 0.29) is 5.56 Å². The maximum atomic E-state index is 12.4. The van der Waals surface area contributed by atoms with Crippen LogP contribution in [0.3, 0.4) is 0 Å². The predicted octanol–water partition coefficient (Wildman–Crippen LogP) is 2.77. The van der Waals surface area contributed by atoms with Gasteiger partial charge in [0.1, 0.15) is 0 Å². The van der Waals surface area contributed by atoms with E-state index >= 15 is 0 Å². The van der Waals surface area contributed by atoms with Crippen molar-refractivity contribution in [1.29, 1.82) is 0 Å². The van der Waals surface area contributed by atoms with Gasteiger partial charge >= 0.3 is 6.18 Å². The number of aliphatic hydroxyl groups excluding tert-OH is 1. The molecule has 0 unspecified atom stereocenters. The van der Waals surface area contributed by atoms with E-state index in [0.717, 1.165) is 0 Å². The summed E-state index contributed by atoms with van der Waals surface area (Å²) >= 11 is 0. The van der Waals surface area contributed by atoms with Crippen LogP contribution in [-0.2, 0) is 7.05 Å². The fourth-order valence-electron chi connectivity index (χ4n) is 1.79. The predicted molar refractivity (Wildman–Crippen MR) is 53.9 cm³/mol. The highest BCUT2D eigenvalue weighted by molar-refractivity contribution is 5.83. The van der Waals surface area contributed by atoms with Gasteiger partial charge in [-0.05, 0) is 11.5 Å². The largest absolute Gasteiger partial charge is 0.418 e. The second-order valence-electron chi connectivity index (χ2n) is 3.66. The summed E-state index contributed by atoms with van der Waals surface area (Å²) in [5.41, 5.74) is 0.296. The van der Waals surface area contributed by atoms with Gasteiger partial charge in [-0.25, -0.2) is 0 Å². The van der Waals surface area contributed by atoms with Crippen LogP contribution in [0.25, 0.3) is 10.9 Å². The third-order valence-corrected chi connectivity index (χ3v) is 2.53. The van der Waals surface area contributed by atoms with Gasteiger partial charge in [0.25, 0.3) is 0 Å². The number of halogens is 3. The molecule has 0 amide bonds. The van der Waals surface area contributed by atoms with Crippen LogP contribution in [0.1, 0.15) is 11.7 Å². The van der Waals surface area contributed by atoms with E-state index in [9.17, 15) is 18.3 Å². The smallest absolute Gasteiger partial charge is 0.379 e. The zero-order chi connectivity index (χ0) is 11.9. The van der Waals surface area contributed by atoms with Crippen molar-refractivity contribution in [2.24, 2.45) is 7.05 Å². The minimum atomic E-state index is -4.64. The van der Waals surface area contributed by atoms with Gasteiger partial charge in [-0.1, -0.05) is 18.2 Å². The van der Waals surface area contributed by atoms with Gasteiger partial charge in [0.15, 0.2) is 6.10 Å². The molecule has 16 heavy (non-hydrogen) atoms. The lowest BCUT2D eigenvalue weighted by Crippen LogP contribution is -2.20. The van der Waals surface area contributed by atoms with Crippen molar-refractivity contribution in [2.75, 3.05) is 0 Å². The minimum absolute atomic E-state index is 0.113. The summed E-state index contributed by atoms with van der Waals surface area (Å²) in [6, 6.07) is 6.22. The van der Waals surface area contributed by atoms with Gasteiger partial charge in [-0.2, -0.15) is 13.2 Å². The first-order chi connectivity index (χ1) is 7.41. The highest BCUT2D eigenvalue weighted by Crippen LogP contribution is 2.35. The van der Waals surface area contributed by atoms with E-state index < -0.39 is 12.3 Å². The molecule has 0 bridgehead atoms. The van der Waals surface area contributed by atoms with Crippen molar-refractivity contribution in [3.8, 4) is 0 Å². The van der Waals surface area contributed by atoms with Gasteiger partial charge in [0.2, 0.25) is 0 Å². The molecule has 1 N–H and O–H groups in total. The average molecular weight is 229 g/mol. The molecule has 0 aliphatic rings. The van der Waals surface area contributed by atoms with Crippen molar-refractivity contribution in [2.45, 2.75) is 12.3 Å². The van der Waals surface area contributed by atoms with Crippen molar-refractivity contribution in [3.63, 3.8) is 0 Å². The van der Waals surface area contributed by atoms with E-state index in [1.165, 1.54) is 12.1 Å². The molecule has 86 valence electrons. The molecule has 0 radical (unpaired) electrons. The lowest BCUT2D eigenvalue weighted by molar-refractivity contribution is -0.206. The molecule has 1 aromatic carbocycles. The number of nitrogens with zero attached hydrogens (tertiary/aromatic N) is 1. The molecular formula is C11H10F3NO. The lowest BCUT2D eigenvalue weighted by Gasteiger charge is -2.16. The molecule has 1 atom stereocenters. The fraction of sp³-hybridized carbons (Fsp3) is 0.273. The number of alkyl halides is 3. The Morgan fingerprint density at radius 3 is 2.56 bits per heavy atom. The molecule has 5 heteroatoms. The van der Waals surface area contributed by atoms with Crippen LogP contribution in [0, 0.1) is 0 Å². The maximum absolute atomic E-state index is 12.4. The number of hydrogen-bond acceptors (Lipinski definition) is 1. The second-order valence-corrected chi connectivity index (χ2v) is 3.66. The van der Waals surface area contributed by atoms with Crippen molar-refractivity contribution in [1.82, 2.24) is 4.57 Å². The van der Waals surface area contributed by atoms with Crippen LogP contribution < -0.4 is 0 Å². The van der Waals surface area contributed by atoms with Gasteiger partial charge < -0.3 is 9.67 Å². The quantitative estimate of drug-likeness (QED) is 0.799. The molecule has 0 aliphatic carbocycles. The van der Waals surface area contributed by atoms with Crippen molar-refractivity contribution in [3.05, 3.63) is 36.0 Å². The Labute approximate surface area is 89.9 Å². The van der Waals surface area contributed by atoms with E-state index in [1.54, 1.807) is 29.9 Å². The summed E-state index contributed by atoms with van der Waals surface area (Å²) in [4.78, 5) is 0. The Morgan fingerprint density at radius 1 is 1.25 bits per heavy atom. The Kier molecular flexibility index (Phi) is 2.42. The van der Waals surface area contributed by atoms with Crippen molar-refractivity contribution < 1.29 is 18.3 Å². The number of benzene rings is 1. The van der Waals surface area contributed by atoms with E-state index in [2.05, 4.69) is 0 Å². The summed E-state index contributed by atoms with van der Waals surface area (Å²) in [5, 5.41) is 9.94. The molecule has 0 saturated carbocycles. The number of para-hydroxylation sites is 1. The van der Waals surface area contributed by atoms with Gasteiger partial charge in [0, 0.05) is 18.8 Å². The van der Waals surface area contributed by atoms with E-state index in [4.69, 9.17) is 0 Å². The highest BCUT2D eigenvalue weighted by Gasteiger charge is 2.40. The molecule has 0 fully saturated rings. The topological polar surface area (TPSA) is 25.2 Å². The Balaban J connectivity index is 2.64. The number of aromatic nitrogens is 1. The summed E-state index contributed by atoms with van der Waals surface area (Å²) < 4.78 is 38.9. The first kappa shape index (κ1) is 11.0. The number of fused-ring (bicyclic) bond motifs is 1. The normalized spacial score (nSPS) is 14.3. The van der Waals surface area contributed by atoms with Crippen LogP contribution in [0.4, 0.5) is 13.2 Å². The summed E-state index contributed by atoms with van der Waals surface area (Å²) in [7, 11) is 1.65. The summed E-state index contributed by atoms with van der Waals surface area (Å²) in [6.45, 7) is 0. The van der Waals surface area contributed by atoms with E-state index in [1.807, 2.05) is 0 Å². The molecular weight excluding hydrogens is 219 g/mol.